The first kappa shape index (κ1) is 16.3. The molecule has 1 aromatic carbocycles. The van der Waals surface area contributed by atoms with Gasteiger partial charge >= 0.3 is 0 Å². The number of aromatic nitrogens is 3. The van der Waals surface area contributed by atoms with Crippen LogP contribution in [0.3, 0.4) is 0 Å². The second-order valence-corrected chi connectivity index (χ2v) is 6.67. The third kappa shape index (κ3) is 3.51. The van der Waals surface area contributed by atoms with Crippen molar-refractivity contribution in [3.63, 3.8) is 0 Å². The average Bonchev–Trinajstić information content (AvgIpc) is 2.97. The van der Waals surface area contributed by atoms with Gasteiger partial charge in [0.25, 0.3) is 11.5 Å². The minimum Gasteiger partial charge on any atom is -0.351 e. The third-order valence-electron chi connectivity index (χ3n) is 3.74. The molecule has 0 fully saturated rings. The van der Waals surface area contributed by atoms with Crippen LogP contribution in [0.1, 0.15) is 33.3 Å². The summed E-state index contributed by atoms with van der Waals surface area (Å²) in [6, 6.07) is 8.02. The van der Waals surface area contributed by atoms with Crippen LogP contribution >= 0.6 is 11.3 Å². The molecule has 0 unspecified atom stereocenters. The van der Waals surface area contributed by atoms with Crippen LogP contribution in [-0.2, 0) is 6.42 Å². The molecule has 2 N–H and O–H groups in total. The maximum atomic E-state index is 12.1. The second kappa shape index (κ2) is 6.92. The number of benzene rings is 1. The Bertz CT molecular complexity index is 912. The predicted molar refractivity (Wildman–Crippen MR) is 94.6 cm³/mol. The smallest absolute Gasteiger partial charge is 0.279 e. The van der Waals surface area contributed by atoms with Crippen LogP contribution in [0.5, 0.6) is 0 Å². The molecule has 2 aromatic heterocycles. The number of nitrogens with zero attached hydrogens (tertiary/aromatic N) is 2. The van der Waals surface area contributed by atoms with Gasteiger partial charge in [0.1, 0.15) is 0 Å². The van der Waals surface area contributed by atoms with Gasteiger partial charge in [-0.3, -0.25) is 9.59 Å². The van der Waals surface area contributed by atoms with Crippen molar-refractivity contribution in [2.45, 2.75) is 26.7 Å². The molecule has 1 amide bonds. The van der Waals surface area contributed by atoms with E-state index in [4.69, 9.17) is 0 Å². The fourth-order valence-corrected chi connectivity index (χ4v) is 3.34. The normalized spacial score (nSPS) is 10.9. The molecule has 0 aliphatic rings. The van der Waals surface area contributed by atoms with E-state index in [0.29, 0.717) is 17.9 Å². The van der Waals surface area contributed by atoms with Gasteiger partial charge in [0.2, 0.25) is 0 Å². The first-order chi connectivity index (χ1) is 11.5. The van der Waals surface area contributed by atoms with Gasteiger partial charge in [0, 0.05) is 18.7 Å². The molecule has 24 heavy (non-hydrogen) atoms. The number of amides is 1. The van der Waals surface area contributed by atoms with E-state index in [1.807, 2.05) is 18.2 Å². The molecule has 0 saturated heterocycles. The van der Waals surface area contributed by atoms with E-state index in [9.17, 15) is 9.59 Å². The molecular formula is C17H18N4O2S. The largest absolute Gasteiger partial charge is 0.351 e. The number of hydrogen-bond donors (Lipinski definition) is 2. The first-order valence-corrected chi connectivity index (χ1v) is 8.56. The van der Waals surface area contributed by atoms with Crippen molar-refractivity contribution >= 4 is 27.5 Å². The zero-order valence-corrected chi connectivity index (χ0v) is 14.4. The van der Waals surface area contributed by atoms with E-state index in [-0.39, 0.29) is 5.69 Å². The first-order valence-electron chi connectivity index (χ1n) is 7.75. The Labute approximate surface area is 143 Å². The quantitative estimate of drug-likeness (QED) is 0.697. The number of hydrogen-bond acceptors (Lipinski definition) is 5. The van der Waals surface area contributed by atoms with Crippen LogP contribution in [-0.4, -0.2) is 27.4 Å². The zero-order valence-electron chi connectivity index (χ0n) is 13.5. The highest BCUT2D eigenvalue weighted by Gasteiger charge is 2.13. The van der Waals surface area contributed by atoms with E-state index >= 15 is 0 Å². The maximum absolute atomic E-state index is 12.1. The van der Waals surface area contributed by atoms with Gasteiger partial charge in [-0.1, -0.05) is 12.1 Å². The van der Waals surface area contributed by atoms with Crippen molar-refractivity contribution in [1.29, 1.82) is 0 Å². The SMILES string of the molecule is Cc1nc(C(=O)NCCCc2nc3ccccc3s2)c(=O)[nH]c1C. The molecule has 0 atom stereocenters. The van der Waals surface area contributed by atoms with Gasteiger partial charge in [0.05, 0.1) is 20.9 Å². The van der Waals surface area contributed by atoms with Crippen molar-refractivity contribution < 1.29 is 4.79 Å². The Morgan fingerprint density at radius 3 is 2.83 bits per heavy atom. The van der Waals surface area contributed by atoms with Crippen molar-refractivity contribution in [2.24, 2.45) is 0 Å². The second-order valence-electron chi connectivity index (χ2n) is 5.56. The van der Waals surface area contributed by atoms with E-state index in [1.165, 1.54) is 4.70 Å². The van der Waals surface area contributed by atoms with Gasteiger partial charge < -0.3 is 10.3 Å². The highest BCUT2D eigenvalue weighted by Crippen LogP contribution is 2.22. The van der Waals surface area contributed by atoms with Gasteiger partial charge in [-0.25, -0.2) is 9.97 Å². The number of H-pyrrole nitrogens is 1. The van der Waals surface area contributed by atoms with Crippen LogP contribution in [0, 0.1) is 13.8 Å². The molecule has 0 saturated carbocycles. The minimum atomic E-state index is -0.457. The minimum absolute atomic E-state index is 0.0851. The molecule has 6 nitrogen and oxygen atoms in total. The van der Waals surface area contributed by atoms with E-state index in [0.717, 1.165) is 23.4 Å². The highest BCUT2D eigenvalue weighted by molar-refractivity contribution is 7.18. The van der Waals surface area contributed by atoms with Gasteiger partial charge in [-0.05, 0) is 32.4 Å². The Kier molecular flexibility index (Phi) is 4.71. The van der Waals surface area contributed by atoms with Gasteiger partial charge in [-0.15, -0.1) is 11.3 Å². The summed E-state index contributed by atoms with van der Waals surface area (Å²) in [5, 5.41) is 3.79. The van der Waals surface area contributed by atoms with Gasteiger partial charge in [-0.2, -0.15) is 0 Å². The molecule has 0 spiro atoms. The molecule has 3 aromatic rings. The number of aromatic amines is 1. The van der Waals surface area contributed by atoms with Crippen LogP contribution < -0.4 is 10.9 Å². The topological polar surface area (TPSA) is 87.7 Å². The lowest BCUT2D eigenvalue weighted by Gasteiger charge is -2.05. The molecule has 0 aliphatic heterocycles. The average molecular weight is 342 g/mol. The maximum Gasteiger partial charge on any atom is 0.279 e. The van der Waals surface area contributed by atoms with Crippen molar-refractivity contribution in [1.82, 2.24) is 20.3 Å². The zero-order chi connectivity index (χ0) is 17.1. The third-order valence-corrected chi connectivity index (χ3v) is 4.84. The molecular weight excluding hydrogens is 324 g/mol. The van der Waals surface area contributed by atoms with Crippen molar-refractivity contribution in [3.05, 3.63) is 56.7 Å². The lowest BCUT2D eigenvalue weighted by Crippen LogP contribution is -2.32. The number of thiazole rings is 1. The molecule has 3 rings (SSSR count). The summed E-state index contributed by atoms with van der Waals surface area (Å²) in [6.07, 6.45) is 1.55. The number of rotatable bonds is 5. The fourth-order valence-electron chi connectivity index (χ4n) is 2.33. The molecule has 0 radical (unpaired) electrons. The number of para-hydroxylation sites is 1. The molecule has 124 valence electrons. The Morgan fingerprint density at radius 1 is 1.25 bits per heavy atom. The van der Waals surface area contributed by atoms with Gasteiger partial charge in [0.15, 0.2) is 5.69 Å². The highest BCUT2D eigenvalue weighted by atomic mass is 32.1. The Balaban J connectivity index is 1.55. The summed E-state index contributed by atoms with van der Waals surface area (Å²) >= 11 is 1.67. The number of nitrogens with one attached hydrogen (secondary N) is 2. The van der Waals surface area contributed by atoms with E-state index in [1.54, 1.807) is 25.2 Å². The molecule has 7 heteroatoms. The molecule has 0 aliphatic carbocycles. The Hall–Kier alpha value is -2.54. The number of fused-ring (bicyclic) bond motifs is 1. The monoisotopic (exact) mass is 342 g/mol. The van der Waals surface area contributed by atoms with Crippen molar-refractivity contribution in [3.8, 4) is 0 Å². The summed E-state index contributed by atoms with van der Waals surface area (Å²) in [6.45, 7) is 3.99. The van der Waals surface area contributed by atoms with E-state index < -0.39 is 11.5 Å². The van der Waals surface area contributed by atoms with Crippen LogP contribution in [0.4, 0.5) is 0 Å². The number of aryl methyl sites for hydroxylation is 3. The van der Waals surface area contributed by atoms with Crippen molar-refractivity contribution in [2.75, 3.05) is 6.54 Å². The lowest BCUT2D eigenvalue weighted by molar-refractivity contribution is 0.0946. The fraction of sp³-hybridized carbons (Fsp3) is 0.294. The van der Waals surface area contributed by atoms with E-state index in [2.05, 4.69) is 26.3 Å². The van der Waals surface area contributed by atoms with Crippen LogP contribution in [0.15, 0.2) is 29.1 Å². The summed E-state index contributed by atoms with van der Waals surface area (Å²) in [5.41, 5.74) is 1.79. The standard InChI is InChI=1S/C17H18N4O2S/c1-10-11(2)20-17(23)15(19-10)16(22)18-9-5-8-14-21-12-6-3-4-7-13(12)24-14/h3-4,6-7H,5,8-9H2,1-2H3,(H,18,22)(H,20,23). The molecule has 2 heterocycles. The van der Waals surface area contributed by atoms with Crippen LogP contribution in [0.25, 0.3) is 10.2 Å². The van der Waals surface area contributed by atoms with Crippen LogP contribution in [0.2, 0.25) is 0 Å². The molecule has 0 bridgehead atoms. The Morgan fingerprint density at radius 2 is 2.04 bits per heavy atom. The lowest BCUT2D eigenvalue weighted by atomic mass is 10.3. The summed E-state index contributed by atoms with van der Waals surface area (Å²) < 4.78 is 1.17. The summed E-state index contributed by atoms with van der Waals surface area (Å²) in [4.78, 5) is 35.1. The number of carbonyl (C=O) groups excluding carboxylic acids is 1. The number of carbonyl (C=O) groups is 1. The summed E-state index contributed by atoms with van der Waals surface area (Å²) in [5.74, 6) is -0.441. The predicted octanol–water partition coefficient (Wildman–Crippen LogP) is 2.36. The summed E-state index contributed by atoms with van der Waals surface area (Å²) in [7, 11) is 0.